The first-order valence-corrected chi connectivity index (χ1v) is 13.6. The molecule has 42 heavy (non-hydrogen) atoms. The number of halogens is 5. The van der Waals surface area contributed by atoms with Crippen LogP contribution in [-0.2, 0) is 4.74 Å². The predicted molar refractivity (Wildman–Crippen MR) is 153 cm³/mol. The van der Waals surface area contributed by atoms with E-state index >= 15 is 4.39 Å². The molecule has 3 rings (SSSR count). The van der Waals surface area contributed by atoms with Crippen LogP contribution in [0.3, 0.4) is 0 Å². The fraction of sp³-hybridized carbons (Fsp3) is 0.536. The van der Waals surface area contributed by atoms with Crippen LogP contribution in [-0.4, -0.2) is 58.2 Å². The SMILES string of the molecule is CC(C)(C)OC(=O)NC(CO)CC(F)(F)F.Cc1nccc2c1c(=O)[nH]c1c(F)c(OC[C@@H](N)CC(C)C)c(Cl)cc12. The third kappa shape index (κ3) is 10.3. The molecule has 2 heterocycles. The zero-order chi connectivity index (χ0) is 32.0. The molecule has 5 N–H and O–H groups in total. The molecular weight excluding hydrogens is 584 g/mol. The van der Waals surface area contributed by atoms with Crippen molar-refractivity contribution >= 4 is 39.4 Å². The summed E-state index contributed by atoms with van der Waals surface area (Å²) in [6, 6.07) is 1.66. The van der Waals surface area contributed by atoms with Crippen molar-refractivity contribution in [1.82, 2.24) is 15.3 Å². The van der Waals surface area contributed by atoms with Gasteiger partial charge in [-0.3, -0.25) is 9.78 Å². The number of rotatable bonds is 8. The predicted octanol–water partition coefficient (Wildman–Crippen LogP) is 5.75. The number of alkyl carbamates (subject to hydrolysis) is 1. The summed E-state index contributed by atoms with van der Waals surface area (Å²) in [5.41, 5.74) is 5.44. The molecule has 0 aliphatic rings. The van der Waals surface area contributed by atoms with E-state index in [-0.39, 0.29) is 28.9 Å². The number of ether oxygens (including phenoxy) is 2. The Balaban J connectivity index is 0.000000334. The van der Waals surface area contributed by atoms with Gasteiger partial charge in [-0.05, 0) is 52.2 Å². The van der Waals surface area contributed by atoms with E-state index in [4.69, 9.17) is 31.9 Å². The van der Waals surface area contributed by atoms with Crippen molar-refractivity contribution < 1.29 is 36.9 Å². The molecule has 0 spiro atoms. The smallest absolute Gasteiger partial charge is 0.407 e. The van der Waals surface area contributed by atoms with Gasteiger partial charge in [0, 0.05) is 23.0 Å². The molecule has 1 unspecified atom stereocenters. The molecule has 0 aliphatic heterocycles. The van der Waals surface area contributed by atoms with Gasteiger partial charge in [-0.15, -0.1) is 0 Å². The Morgan fingerprint density at radius 3 is 2.43 bits per heavy atom. The van der Waals surface area contributed by atoms with E-state index in [0.29, 0.717) is 27.8 Å². The topological polar surface area (TPSA) is 140 Å². The van der Waals surface area contributed by atoms with E-state index in [1.165, 1.54) is 0 Å². The number of aromatic amines is 1. The number of carbonyl (C=O) groups excluding carboxylic acids is 1. The minimum atomic E-state index is -4.44. The third-order valence-electron chi connectivity index (χ3n) is 5.71. The zero-order valence-electron chi connectivity index (χ0n) is 24.3. The Morgan fingerprint density at radius 2 is 1.88 bits per heavy atom. The molecule has 3 aromatic rings. The molecule has 14 heteroatoms. The maximum Gasteiger partial charge on any atom is 0.407 e. The number of nitrogens with zero attached hydrogens (tertiary/aromatic N) is 1. The molecular formula is C28H37ClF4N4O5. The first kappa shape index (κ1) is 35.0. The summed E-state index contributed by atoms with van der Waals surface area (Å²) in [6.07, 6.45) is -4.38. The number of aliphatic hydroxyl groups excluding tert-OH is 1. The fourth-order valence-electron chi connectivity index (χ4n) is 4.10. The van der Waals surface area contributed by atoms with Crippen LogP contribution >= 0.6 is 11.6 Å². The molecule has 9 nitrogen and oxygen atoms in total. The van der Waals surface area contributed by atoms with Crippen LogP contribution in [0.1, 0.15) is 53.2 Å². The van der Waals surface area contributed by atoms with E-state index in [2.05, 4.69) is 23.8 Å². The highest BCUT2D eigenvalue weighted by molar-refractivity contribution is 6.33. The van der Waals surface area contributed by atoms with E-state index in [1.807, 2.05) is 5.32 Å². The zero-order valence-corrected chi connectivity index (χ0v) is 25.0. The number of benzene rings is 1. The molecule has 0 radical (unpaired) electrons. The average molecular weight is 621 g/mol. The number of H-pyrrole nitrogens is 1. The number of amides is 1. The number of pyridine rings is 2. The maximum atomic E-state index is 15.0. The molecule has 0 saturated carbocycles. The highest BCUT2D eigenvalue weighted by atomic mass is 35.5. The number of aliphatic hydroxyl groups is 1. The van der Waals surface area contributed by atoms with Gasteiger partial charge in [0.25, 0.3) is 5.56 Å². The standard InChI is InChI=1S/C19H21ClFN3O2.C9H16F3NO3/c1-9(2)6-11(22)8-26-18-14(20)7-13-12-4-5-23-10(3)15(12)19(25)24-17(13)16(18)21;1-8(2,3)16-7(15)13-6(5-14)4-9(10,11)12/h4-5,7,9,11H,6,8,22H2,1-3H3,(H,24,25);6,14H,4-5H2,1-3H3,(H,13,15)/t11-;/m0./s1. The molecule has 2 atom stereocenters. The van der Waals surface area contributed by atoms with E-state index < -0.39 is 48.3 Å². The molecule has 1 amide bonds. The largest absolute Gasteiger partial charge is 0.487 e. The molecule has 1 aromatic carbocycles. The van der Waals surface area contributed by atoms with Crippen LogP contribution in [0.5, 0.6) is 5.75 Å². The molecule has 2 aromatic heterocycles. The van der Waals surface area contributed by atoms with Crippen molar-refractivity contribution in [3.63, 3.8) is 0 Å². The monoisotopic (exact) mass is 620 g/mol. The summed E-state index contributed by atoms with van der Waals surface area (Å²) >= 11 is 6.26. The Bertz CT molecular complexity index is 1440. The van der Waals surface area contributed by atoms with Crippen molar-refractivity contribution in [2.24, 2.45) is 11.7 Å². The van der Waals surface area contributed by atoms with Crippen LogP contribution in [0.4, 0.5) is 22.4 Å². The second-order valence-electron chi connectivity index (χ2n) is 11.2. The van der Waals surface area contributed by atoms with Crippen molar-refractivity contribution in [1.29, 1.82) is 0 Å². The number of nitrogens with one attached hydrogen (secondary N) is 2. The van der Waals surface area contributed by atoms with Gasteiger partial charge in [-0.1, -0.05) is 25.4 Å². The number of aryl methyl sites for hydroxylation is 1. The van der Waals surface area contributed by atoms with Crippen molar-refractivity contribution in [2.45, 2.75) is 78.2 Å². The average Bonchev–Trinajstić information content (AvgIpc) is 2.82. The number of fused-ring (bicyclic) bond motifs is 3. The summed E-state index contributed by atoms with van der Waals surface area (Å²) in [5.74, 6) is -0.387. The first-order valence-electron chi connectivity index (χ1n) is 13.2. The number of aromatic nitrogens is 2. The fourth-order valence-corrected chi connectivity index (χ4v) is 4.35. The van der Waals surface area contributed by atoms with Gasteiger partial charge in [0.1, 0.15) is 12.2 Å². The quantitative estimate of drug-likeness (QED) is 0.186. The van der Waals surface area contributed by atoms with Gasteiger partial charge in [0.05, 0.1) is 40.7 Å². The molecule has 0 bridgehead atoms. The molecule has 0 aliphatic carbocycles. The highest BCUT2D eigenvalue weighted by Crippen LogP contribution is 2.36. The van der Waals surface area contributed by atoms with Gasteiger partial charge in [-0.2, -0.15) is 13.2 Å². The second-order valence-corrected chi connectivity index (χ2v) is 11.6. The number of alkyl halides is 3. The third-order valence-corrected chi connectivity index (χ3v) is 5.99. The Morgan fingerprint density at radius 1 is 1.24 bits per heavy atom. The van der Waals surface area contributed by atoms with Crippen LogP contribution in [0.2, 0.25) is 5.02 Å². The van der Waals surface area contributed by atoms with Crippen molar-refractivity contribution in [2.75, 3.05) is 13.2 Å². The number of carbonyl (C=O) groups is 1. The van der Waals surface area contributed by atoms with Crippen molar-refractivity contribution in [3.8, 4) is 5.75 Å². The first-order chi connectivity index (χ1) is 19.3. The van der Waals surface area contributed by atoms with Crippen LogP contribution in [0.25, 0.3) is 21.7 Å². The van der Waals surface area contributed by atoms with Gasteiger partial charge < -0.3 is 30.6 Å². The second kappa shape index (κ2) is 14.3. The lowest BCUT2D eigenvalue weighted by Crippen LogP contribution is -2.43. The van der Waals surface area contributed by atoms with E-state index in [9.17, 15) is 22.8 Å². The summed E-state index contributed by atoms with van der Waals surface area (Å²) in [6.45, 7) is 9.94. The summed E-state index contributed by atoms with van der Waals surface area (Å²) in [4.78, 5) is 30.2. The Kier molecular flexibility index (Phi) is 12.0. The number of nitrogens with two attached hydrogens (primary N) is 1. The molecule has 234 valence electrons. The van der Waals surface area contributed by atoms with E-state index in [0.717, 1.165) is 6.42 Å². The minimum Gasteiger partial charge on any atom is -0.487 e. The molecule has 0 fully saturated rings. The molecule has 0 saturated heterocycles. The normalized spacial score (nSPS) is 13.5. The highest BCUT2D eigenvalue weighted by Gasteiger charge is 2.33. The van der Waals surface area contributed by atoms with Crippen LogP contribution in [0, 0.1) is 18.7 Å². The maximum absolute atomic E-state index is 15.0. The Hall–Kier alpha value is -3.16. The number of hydrogen-bond donors (Lipinski definition) is 4. The summed E-state index contributed by atoms with van der Waals surface area (Å²) in [5, 5.41) is 12.3. The van der Waals surface area contributed by atoms with Gasteiger partial charge in [0.2, 0.25) is 0 Å². The number of hydrogen-bond acceptors (Lipinski definition) is 7. The minimum absolute atomic E-state index is 0.0601. The summed E-state index contributed by atoms with van der Waals surface area (Å²) < 4.78 is 61.3. The van der Waals surface area contributed by atoms with Gasteiger partial charge in [-0.25, -0.2) is 9.18 Å². The summed E-state index contributed by atoms with van der Waals surface area (Å²) in [7, 11) is 0. The van der Waals surface area contributed by atoms with Gasteiger partial charge >= 0.3 is 12.3 Å². The lowest BCUT2D eigenvalue weighted by molar-refractivity contribution is -0.141. The lowest BCUT2D eigenvalue weighted by Gasteiger charge is -2.23. The Labute approximate surface area is 245 Å². The van der Waals surface area contributed by atoms with Gasteiger partial charge in [0.15, 0.2) is 11.6 Å². The lowest BCUT2D eigenvalue weighted by atomic mass is 10.1. The van der Waals surface area contributed by atoms with Crippen molar-refractivity contribution in [3.05, 3.63) is 45.2 Å². The van der Waals surface area contributed by atoms with E-state index in [1.54, 1.807) is 46.0 Å². The van der Waals surface area contributed by atoms with Crippen LogP contribution in [0.15, 0.2) is 23.1 Å². The van der Waals surface area contributed by atoms with Crippen LogP contribution < -0.4 is 21.3 Å².